The maximum absolute atomic E-state index is 12.8. The van der Waals surface area contributed by atoms with Gasteiger partial charge < -0.3 is 19.4 Å². The van der Waals surface area contributed by atoms with Crippen molar-refractivity contribution in [2.75, 3.05) is 18.1 Å². The highest BCUT2D eigenvalue weighted by molar-refractivity contribution is 6.31. The molecule has 9 heteroatoms. The van der Waals surface area contributed by atoms with Crippen LogP contribution in [0, 0.1) is 24.2 Å². The van der Waals surface area contributed by atoms with Crippen LogP contribution in [0.5, 0.6) is 0 Å². The van der Waals surface area contributed by atoms with Gasteiger partial charge in [-0.15, -0.1) is 0 Å². The van der Waals surface area contributed by atoms with E-state index >= 15 is 0 Å². The minimum Gasteiger partial charge on any atom is -0.459 e. The van der Waals surface area contributed by atoms with Gasteiger partial charge in [-0.05, 0) is 48.7 Å². The number of carbonyl (C=O) groups excluding carboxylic acids is 3. The molecule has 1 aromatic heterocycles. The van der Waals surface area contributed by atoms with Gasteiger partial charge in [0.25, 0.3) is 11.8 Å². The Labute approximate surface area is 185 Å². The first kappa shape index (κ1) is 24.0. The molecule has 1 atom stereocenters. The molecule has 2 rings (SSSR count). The van der Waals surface area contributed by atoms with Crippen LogP contribution in [0.2, 0.25) is 5.02 Å². The van der Waals surface area contributed by atoms with Crippen LogP contribution in [0.15, 0.2) is 41.0 Å². The third kappa shape index (κ3) is 6.59. The van der Waals surface area contributed by atoms with E-state index in [1.807, 2.05) is 6.07 Å². The highest BCUT2D eigenvalue weighted by atomic mass is 35.5. The summed E-state index contributed by atoms with van der Waals surface area (Å²) in [5, 5.41) is 12.0. The number of hydrogen-bond donors (Lipinski definition) is 1. The summed E-state index contributed by atoms with van der Waals surface area (Å²) in [5.74, 6) is -2.01. The minimum absolute atomic E-state index is 0.0651. The molecule has 2 amide bonds. The van der Waals surface area contributed by atoms with Gasteiger partial charge >= 0.3 is 5.97 Å². The van der Waals surface area contributed by atoms with E-state index in [-0.39, 0.29) is 24.6 Å². The summed E-state index contributed by atoms with van der Waals surface area (Å²) < 4.78 is 10.2. The van der Waals surface area contributed by atoms with E-state index in [0.717, 1.165) is 5.56 Å². The second-order valence-electron chi connectivity index (χ2n) is 7.17. The van der Waals surface area contributed by atoms with Crippen LogP contribution in [0.1, 0.15) is 36.4 Å². The predicted octanol–water partition coefficient (Wildman–Crippen LogP) is 3.49. The number of benzene rings is 1. The standard InChI is InChI=1S/C22H24ClN3O5/c1-14(2)20(25-21(28)18-6-4-11-30-18)22(29)31-13-19(27)26(10-5-9-24)16-7-8-17(23)15(3)12-16/h4,6-8,11-12,14,20H,5,10,13H2,1-3H3,(H,25,28)/t20-/m0/s1. The third-order valence-corrected chi connectivity index (χ3v) is 4.92. The highest BCUT2D eigenvalue weighted by Crippen LogP contribution is 2.23. The van der Waals surface area contributed by atoms with E-state index in [2.05, 4.69) is 5.32 Å². The summed E-state index contributed by atoms with van der Waals surface area (Å²) in [5.41, 5.74) is 1.32. The summed E-state index contributed by atoms with van der Waals surface area (Å²) in [4.78, 5) is 38.9. The first-order valence-corrected chi connectivity index (χ1v) is 10.1. The van der Waals surface area contributed by atoms with Crippen LogP contribution in [0.25, 0.3) is 0 Å². The SMILES string of the molecule is Cc1cc(N(CCC#N)C(=O)COC(=O)[C@@H](NC(=O)c2ccco2)C(C)C)ccc1Cl. The smallest absolute Gasteiger partial charge is 0.329 e. The van der Waals surface area contributed by atoms with Crippen molar-refractivity contribution in [3.63, 3.8) is 0 Å². The number of esters is 1. The molecule has 0 saturated carbocycles. The van der Waals surface area contributed by atoms with Crippen LogP contribution in [-0.4, -0.2) is 37.0 Å². The lowest BCUT2D eigenvalue weighted by atomic mass is 10.0. The summed E-state index contributed by atoms with van der Waals surface area (Å²) >= 11 is 6.05. The number of hydrogen-bond acceptors (Lipinski definition) is 6. The van der Waals surface area contributed by atoms with Crippen LogP contribution in [0.3, 0.4) is 0 Å². The topological polar surface area (TPSA) is 113 Å². The number of anilines is 1. The molecule has 0 aliphatic carbocycles. The van der Waals surface area contributed by atoms with Crippen molar-refractivity contribution in [2.45, 2.75) is 33.2 Å². The fraction of sp³-hybridized carbons (Fsp3) is 0.364. The monoisotopic (exact) mass is 445 g/mol. The maximum Gasteiger partial charge on any atom is 0.329 e. The van der Waals surface area contributed by atoms with E-state index in [1.54, 1.807) is 45.0 Å². The zero-order chi connectivity index (χ0) is 23.0. The van der Waals surface area contributed by atoms with Crippen LogP contribution < -0.4 is 10.2 Å². The average Bonchev–Trinajstić information content (AvgIpc) is 3.27. The number of nitrogens with one attached hydrogen (secondary N) is 1. The summed E-state index contributed by atoms with van der Waals surface area (Å²) in [6, 6.07) is 9.11. The van der Waals surface area contributed by atoms with Crippen LogP contribution in [-0.2, 0) is 14.3 Å². The normalized spacial score (nSPS) is 11.5. The number of ether oxygens (including phenoxy) is 1. The van der Waals surface area contributed by atoms with Crippen molar-refractivity contribution in [3.8, 4) is 6.07 Å². The van der Waals surface area contributed by atoms with Gasteiger partial charge in [0.2, 0.25) is 0 Å². The van der Waals surface area contributed by atoms with Gasteiger partial charge in [-0.3, -0.25) is 9.59 Å². The molecule has 0 radical (unpaired) electrons. The second-order valence-corrected chi connectivity index (χ2v) is 7.57. The van der Waals surface area contributed by atoms with Crippen LogP contribution >= 0.6 is 11.6 Å². The fourth-order valence-corrected chi connectivity index (χ4v) is 2.89. The van der Waals surface area contributed by atoms with Crippen LogP contribution in [0.4, 0.5) is 5.69 Å². The van der Waals surface area contributed by atoms with E-state index < -0.39 is 30.4 Å². The quantitative estimate of drug-likeness (QED) is 0.591. The summed E-state index contributed by atoms with van der Waals surface area (Å²) in [6.07, 6.45) is 1.46. The lowest BCUT2D eigenvalue weighted by molar-refractivity contribution is -0.150. The number of rotatable bonds is 9. The molecule has 8 nitrogen and oxygen atoms in total. The molecule has 0 bridgehead atoms. The zero-order valence-corrected chi connectivity index (χ0v) is 18.3. The molecule has 0 unspecified atom stereocenters. The molecule has 1 heterocycles. The number of amides is 2. The Morgan fingerprint density at radius 3 is 2.61 bits per heavy atom. The highest BCUT2D eigenvalue weighted by Gasteiger charge is 2.28. The molecule has 0 aliphatic rings. The molecule has 164 valence electrons. The molecule has 31 heavy (non-hydrogen) atoms. The van der Waals surface area contributed by atoms with Crippen molar-refractivity contribution < 1.29 is 23.5 Å². The first-order chi connectivity index (χ1) is 14.7. The molecule has 0 spiro atoms. The lowest BCUT2D eigenvalue weighted by Gasteiger charge is -2.24. The number of furan rings is 1. The van der Waals surface area contributed by atoms with E-state index in [0.29, 0.717) is 10.7 Å². The van der Waals surface area contributed by atoms with Gasteiger partial charge in [0.1, 0.15) is 6.04 Å². The van der Waals surface area contributed by atoms with E-state index in [9.17, 15) is 14.4 Å². The van der Waals surface area contributed by atoms with Gasteiger partial charge in [-0.2, -0.15) is 5.26 Å². The van der Waals surface area contributed by atoms with Crippen molar-refractivity contribution in [2.24, 2.45) is 5.92 Å². The van der Waals surface area contributed by atoms with Crippen molar-refractivity contribution in [1.29, 1.82) is 5.26 Å². The first-order valence-electron chi connectivity index (χ1n) is 9.69. The summed E-state index contributed by atoms with van der Waals surface area (Å²) in [6.45, 7) is 4.88. The zero-order valence-electron chi connectivity index (χ0n) is 17.6. The molecular formula is C22H24ClN3O5. The van der Waals surface area contributed by atoms with Gasteiger partial charge in [-0.25, -0.2) is 4.79 Å². The maximum atomic E-state index is 12.8. The number of carbonyl (C=O) groups is 3. The van der Waals surface area contributed by atoms with E-state index in [1.165, 1.54) is 17.2 Å². The molecular weight excluding hydrogens is 422 g/mol. The van der Waals surface area contributed by atoms with Gasteiger partial charge in [-0.1, -0.05) is 25.4 Å². The second kappa shape index (κ2) is 11.2. The molecule has 0 aliphatic heterocycles. The Balaban J connectivity index is 2.06. The molecule has 0 fully saturated rings. The number of aryl methyl sites for hydroxylation is 1. The number of halogens is 1. The Morgan fingerprint density at radius 1 is 1.29 bits per heavy atom. The Morgan fingerprint density at radius 2 is 2.03 bits per heavy atom. The average molecular weight is 446 g/mol. The van der Waals surface area contributed by atoms with Gasteiger partial charge in [0, 0.05) is 17.3 Å². The third-order valence-electron chi connectivity index (χ3n) is 4.49. The number of nitriles is 1. The Kier molecular flexibility index (Phi) is 8.64. The van der Waals surface area contributed by atoms with Crippen molar-refractivity contribution in [3.05, 3.63) is 52.9 Å². The van der Waals surface area contributed by atoms with Crippen molar-refractivity contribution in [1.82, 2.24) is 5.32 Å². The molecule has 1 aromatic carbocycles. The predicted molar refractivity (Wildman–Crippen MR) is 115 cm³/mol. The van der Waals surface area contributed by atoms with E-state index in [4.69, 9.17) is 26.0 Å². The van der Waals surface area contributed by atoms with Gasteiger partial charge in [0.15, 0.2) is 12.4 Å². The number of nitrogens with zero attached hydrogens (tertiary/aromatic N) is 2. The molecule has 2 aromatic rings. The lowest BCUT2D eigenvalue weighted by Crippen LogP contribution is -2.46. The molecule has 0 saturated heterocycles. The Hall–Kier alpha value is -3.31. The largest absolute Gasteiger partial charge is 0.459 e. The summed E-state index contributed by atoms with van der Waals surface area (Å²) in [7, 11) is 0. The Bertz CT molecular complexity index is 966. The van der Waals surface area contributed by atoms with Crippen molar-refractivity contribution >= 4 is 35.1 Å². The minimum atomic E-state index is -0.962. The van der Waals surface area contributed by atoms with Gasteiger partial charge in [0.05, 0.1) is 18.8 Å². The molecule has 1 N–H and O–H groups in total. The fourth-order valence-electron chi connectivity index (χ4n) is 2.77.